The number of amides is 1. The zero-order valence-corrected chi connectivity index (χ0v) is 12.3. The number of aliphatic hydroxyl groups is 2. The molecule has 0 radical (unpaired) electrons. The first-order valence-electron chi connectivity index (χ1n) is 6.55. The summed E-state index contributed by atoms with van der Waals surface area (Å²) in [5, 5.41) is 17.9. The molecule has 6 heteroatoms. The average Bonchev–Trinajstić information content (AvgIpc) is 2.29. The lowest BCUT2D eigenvalue weighted by atomic mass is 9.82. The third-order valence-corrected chi connectivity index (χ3v) is 2.83. The quantitative estimate of drug-likeness (QED) is 0.571. The molecule has 0 aromatic carbocycles. The molecule has 0 spiro atoms. The van der Waals surface area contributed by atoms with Gasteiger partial charge < -0.3 is 24.6 Å². The molecule has 1 aliphatic rings. The first-order chi connectivity index (χ1) is 9.32. The van der Waals surface area contributed by atoms with E-state index in [-0.39, 0.29) is 25.9 Å². The van der Waals surface area contributed by atoms with Crippen LogP contribution in [0.5, 0.6) is 0 Å². The number of hydrogen-bond acceptors (Lipinski definition) is 5. The Morgan fingerprint density at radius 3 is 2.45 bits per heavy atom. The van der Waals surface area contributed by atoms with E-state index in [2.05, 4.69) is 11.8 Å². The second-order valence-electron chi connectivity index (χ2n) is 6.00. The standard InChI is InChI=1S/C14H23NO5/c1-13(2,3)20-12(18)15-8-14(9-15,10-17)11-19-7-5-4-6-16/h16-17H,6-11H2,1-3H3. The third-order valence-electron chi connectivity index (χ3n) is 2.83. The minimum absolute atomic E-state index is 0.0558. The Labute approximate surface area is 119 Å². The minimum Gasteiger partial charge on any atom is -0.444 e. The van der Waals surface area contributed by atoms with Crippen LogP contribution in [0.15, 0.2) is 0 Å². The summed E-state index contributed by atoms with van der Waals surface area (Å²) >= 11 is 0. The van der Waals surface area contributed by atoms with Crippen LogP contribution in [0.1, 0.15) is 20.8 Å². The maximum atomic E-state index is 11.8. The van der Waals surface area contributed by atoms with Crippen LogP contribution in [0.4, 0.5) is 4.79 Å². The van der Waals surface area contributed by atoms with Crippen molar-refractivity contribution in [1.82, 2.24) is 4.90 Å². The lowest BCUT2D eigenvalue weighted by Gasteiger charge is -2.48. The van der Waals surface area contributed by atoms with Gasteiger partial charge in [-0.2, -0.15) is 0 Å². The molecule has 1 fully saturated rings. The van der Waals surface area contributed by atoms with Gasteiger partial charge in [-0.05, 0) is 20.8 Å². The monoisotopic (exact) mass is 285 g/mol. The van der Waals surface area contributed by atoms with Crippen molar-refractivity contribution < 1.29 is 24.5 Å². The van der Waals surface area contributed by atoms with Crippen molar-refractivity contribution in [3.05, 3.63) is 0 Å². The number of hydrogen-bond donors (Lipinski definition) is 2. The highest BCUT2D eigenvalue weighted by Gasteiger charge is 2.46. The molecule has 1 amide bonds. The highest BCUT2D eigenvalue weighted by Crippen LogP contribution is 2.31. The number of rotatable bonds is 4. The van der Waals surface area contributed by atoms with Crippen LogP contribution in [0, 0.1) is 17.3 Å². The predicted molar refractivity (Wildman–Crippen MR) is 73.0 cm³/mol. The minimum atomic E-state index is -0.523. The molecular weight excluding hydrogens is 262 g/mol. The Bertz CT molecular complexity index is 385. The summed E-state index contributed by atoms with van der Waals surface area (Å²) in [5.74, 6) is 5.11. The molecule has 0 bridgehead atoms. The van der Waals surface area contributed by atoms with E-state index in [1.54, 1.807) is 4.90 Å². The van der Waals surface area contributed by atoms with Gasteiger partial charge in [0.05, 0.1) is 18.6 Å². The zero-order valence-electron chi connectivity index (χ0n) is 12.3. The predicted octanol–water partition coefficient (Wildman–Crippen LogP) is 0.228. The largest absolute Gasteiger partial charge is 0.444 e. The fourth-order valence-electron chi connectivity index (χ4n) is 1.88. The normalized spacial score (nSPS) is 16.9. The number of ether oxygens (including phenoxy) is 2. The van der Waals surface area contributed by atoms with Gasteiger partial charge in [-0.1, -0.05) is 11.8 Å². The Kier molecular flexibility index (Phi) is 5.81. The maximum absolute atomic E-state index is 11.8. The fraction of sp³-hybridized carbons (Fsp3) is 0.786. The zero-order chi connectivity index (χ0) is 15.2. The van der Waals surface area contributed by atoms with Gasteiger partial charge in [0.25, 0.3) is 0 Å². The molecule has 1 heterocycles. The van der Waals surface area contributed by atoms with E-state index in [0.717, 1.165) is 0 Å². The van der Waals surface area contributed by atoms with Gasteiger partial charge in [-0.25, -0.2) is 4.79 Å². The summed E-state index contributed by atoms with van der Waals surface area (Å²) < 4.78 is 10.6. The van der Waals surface area contributed by atoms with Crippen molar-refractivity contribution >= 4 is 6.09 Å². The molecule has 0 unspecified atom stereocenters. The van der Waals surface area contributed by atoms with Crippen LogP contribution in [0.25, 0.3) is 0 Å². The highest BCUT2D eigenvalue weighted by molar-refractivity contribution is 5.69. The second kappa shape index (κ2) is 6.93. The van der Waals surface area contributed by atoms with Crippen molar-refractivity contribution in [3.8, 4) is 11.8 Å². The first-order valence-corrected chi connectivity index (χ1v) is 6.55. The lowest BCUT2D eigenvalue weighted by molar-refractivity contribution is -0.0906. The van der Waals surface area contributed by atoms with Gasteiger partial charge in [0, 0.05) is 13.1 Å². The van der Waals surface area contributed by atoms with Crippen LogP contribution in [0.3, 0.4) is 0 Å². The molecule has 1 rings (SSSR count). The topological polar surface area (TPSA) is 79.2 Å². The van der Waals surface area contributed by atoms with E-state index >= 15 is 0 Å². The van der Waals surface area contributed by atoms with Crippen molar-refractivity contribution in [2.75, 3.05) is 39.5 Å². The molecule has 20 heavy (non-hydrogen) atoms. The van der Waals surface area contributed by atoms with E-state index in [0.29, 0.717) is 19.7 Å². The summed E-state index contributed by atoms with van der Waals surface area (Å²) in [6, 6.07) is 0. The van der Waals surface area contributed by atoms with E-state index in [4.69, 9.17) is 14.6 Å². The molecule has 1 saturated heterocycles. The molecule has 0 saturated carbocycles. The van der Waals surface area contributed by atoms with E-state index in [1.165, 1.54) is 0 Å². The lowest BCUT2D eigenvalue weighted by Crippen LogP contribution is -2.62. The molecular formula is C14H23NO5. The van der Waals surface area contributed by atoms with Gasteiger partial charge >= 0.3 is 6.09 Å². The number of carbonyl (C=O) groups excluding carboxylic acids is 1. The molecule has 0 aromatic heterocycles. The van der Waals surface area contributed by atoms with Gasteiger partial charge in [-0.15, -0.1) is 0 Å². The van der Waals surface area contributed by atoms with Gasteiger partial charge in [0.2, 0.25) is 0 Å². The molecule has 6 nitrogen and oxygen atoms in total. The average molecular weight is 285 g/mol. The second-order valence-corrected chi connectivity index (χ2v) is 6.00. The van der Waals surface area contributed by atoms with Crippen LogP contribution in [-0.2, 0) is 9.47 Å². The van der Waals surface area contributed by atoms with Gasteiger partial charge in [0.1, 0.15) is 18.8 Å². The Morgan fingerprint density at radius 2 is 1.95 bits per heavy atom. The first kappa shape index (κ1) is 16.8. The van der Waals surface area contributed by atoms with Crippen molar-refractivity contribution in [2.24, 2.45) is 5.41 Å². The third kappa shape index (κ3) is 5.00. The van der Waals surface area contributed by atoms with E-state index < -0.39 is 11.0 Å². The Morgan fingerprint density at radius 1 is 1.30 bits per heavy atom. The fourth-order valence-corrected chi connectivity index (χ4v) is 1.88. The highest BCUT2D eigenvalue weighted by atomic mass is 16.6. The maximum Gasteiger partial charge on any atom is 0.410 e. The van der Waals surface area contributed by atoms with Crippen molar-refractivity contribution in [1.29, 1.82) is 0 Å². The summed E-state index contributed by atoms with van der Waals surface area (Å²) in [6.07, 6.45) is -0.373. The number of nitrogens with zero attached hydrogens (tertiary/aromatic N) is 1. The SMILES string of the molecule is CC(C)(C)OC(=O)N1CC(CO)(COCC#CCO)C1. The molecule has 2 N–H and O–H groups in total. The number of carbonyl (C=O) groups is 1. The molecule has 0 aromatic rings. The molecule has 114 valence electrons. The van der Waals surface area contributed by atoms with Crippen LogP contribution >= 0.6 is 0 Å². The van der Waals surface area contributed by atoms with Crippen molar-refractivity contribution in [2.45, 2.75) is 26.4 Å². The van der Waals surface area contributed by atoms with Crippen LogP contribution in [-0.4, -0.2) is 66.3 Å². The Hall–Kier alpha value is -1.29. The van der Waals surface area contributed by atoms with Crippen molar-refractivity contribution in [3.63, 3.8) is 0 Å². The van der Waals surface area contributed by atoms with Gasteiger partial charge in [-0.3, -0.25) is 0 Å². The number of likely N-dealkylation sites (tertiary alicyclic amines) is 1. The summed E-state index contributed by atoms with van der Waals surface area (Å²) in [5.41, 5.74) is -0.956. The Balaban J connectivity index is 2.35. The van der Waals surface area contributed by atoms with Crippen LogP contribution in [0.2, 0.25) is 0 Å². The molecule has 0 aliphatic carbocycles. The van der Waals surface area contributed by atoms with Crippen LogP contribution < -0.4 is 0 Å². The molecule has 0 atom stereocenters. The van der Waals surface area contributed by atoms with E-state index in [9.17, 15) is 9.90 Å². The summed E-state index contributed by atoms with van der Waals surface area (Å²) in [4.78, 5) is 13.3. The molecule has 1 aliphatic heterocycles. The smallest absolute Gasteiger partial charge is 0.410 e. The number of aliphatic hydroxyl groups excluding tert-OH is 2. The van der Waals surface area contributed by atoms with E-state index in [1.807, 2.05) is 20.8 Å². The van der Waals surface area contributed by atoms with Gasteiger partial charge in [0.15, 0.2) is 0 Å². The summed E-state index contributed by atoms with van der Waals surface area (Å²) in [6.45, 7) is 6.53. The summed E-state index contributed by atoms with van der Waals surface area (Å²) in [7, 11) is 0.